The zero-order valence-corrected chi connectivity index (χ0v) is 12.4. The highest BCUT2D eigenvalue weighted by Crippen LogP contribution is 2.37. The van der Waals surface area contributed by atoms with Crippen molar-refractivity contribution in [3.05, 3.63) is 18.2 Å². The SMILES string of the molecule is CCOC(=O)C1CCC(=O)N1c1ccc(OC)cc1OC. The van der Waals surface area contributed by atoms with Gasteiger partial charge in [0.25, 0.3) is 0 Å². The van der Waals surface area contributed by atoms with Crippen LogP contribution in [0, 0.1) is 0 Å². The molecule has 0 radical (unpaired) electrons. The van der Waals surface area contributed by atoms with Gasteiger partial charge in [0.2, 0.25) is 5.91 Å². The molecule has 0 spiro atoms. The third-order valence-corrected chi connectivity index (χ3v) is 3.42. The van der Waals surface area contributed by atoms with E-state index in [4.69, 9.17) is 14.2 Å². The molecule has 1 heterocycles. The molecule has 1 saturated heterocycles. The summed E-state index contributed by atoms with van der Waals surface area (Å²) in [5.41, 5.74) is 0.554. The molecule has 0 bridgehead atoms. The molecule has 1 amide bonds. The summed E-state index contributed by atoms with van der Waals surface area (Å²) in [6.45, 7) is 2.03. The molecule has 1 aromatic rings. The first-order valence-corrected chi connectivity index (χ1v) is 6.83. The Morgan fingerprint density at radius 3 is 2.71 bits per heavy atom. The monoisotopic (exact) mass is 293 g/mol. The maximum atomic E-state index is 12.1. The predicted octanol–water partition coefficient (Wildman–Crippen LogP) is 1.76. The Labute approximate surface area is 123 Å². The second-order valence-electron chi connectivity index (χ2n) is 4.61. The van der Waals surface area contributed by atoms with Crippen molar-refractivity contribution in [2.75, 3.05) is 25.7 Å². The summed E-state index contributed by atoms with van der Waals surface area (Å²) in [6, 6.07) is 4.53. The lowest BCUT2D eigenvalue weighted by Gasteiger charge is -2.25. The fourth-order valence-corrected chi connectivity index (χ4v) is 2.43. The minimum Gasteiger partial charge on any atom is -0.497 e. The summed E-state index contributed by atoms with van der Waals surface area (Å²) >= 11 is 0. The van der Waals surface area contributed by atoms with Crippen molar-refractivity contribution in [1.29, 1.82) is 0 Å². The van der Waals surface area contributed by atoms with Crippen LogP contribution >= 0.6 is 0 Å². The van der Waals surface area contributed by atoms with Gasteiger partial charge in [-0.2, -0.15) is 0 Å². The molecule has 6 heteroatoms. The van der Waals surface area contributed by atoms with E-state index in [0.29, 0.717) is 30.0 Å². The Bertz CT molecular complexity index is 543. The van der Waals surface area contributed by atoms with E-state index in [2.05, 4.69) is 0 Å². The maximum absolute atomic E-state index is 12.1. The molecule has 1 aliphatic rings. The summed E-state index contributed by atoms with van der Waals surface area (Å²) in [6.07, 6.45) is 0.769. The van der Waals surface area contributed by atoms with Crippen molar-refractivity contribution in [1.82, 2.24) is 0 Å². The van der Waals surface area contributed by atoms with Crippen LogP contribution in [0.25, 0.3) is 0 Å². The van der Waals surface area contributed by atoms with Crippen molar-refractivity contribution in [2.24, 2.45) is 0 Å². The summed E-state index contributed by atoms with van der Waals surface area (Å²) in [4.78, 5) is 25.6. The fraction of sp³-hybridized carbons (Fsp3) is 0.467. The highest BCUT2D eigenvalue weighted by Gasteiger charge is 2.39. The van der Waals surface area contributed by atoms with Crippen molar-refractivity contribution in [3.8, 4) is 11.5 Å². The van der Waals surface area contributed by atoms with Gasteiger partial charge in [-0.25, -0.2) is 4.79 Å². The van der Waals surface area contributed by atoms with Gasteiger partial charge in [-0.3, -0.25) is 9.69 Å². The lowest BCUT2D eigenvalue weighted by molar-refractivity contribution is -0.144. The van der Waals surface area contributed by atoms with E-state index < -0.39 is 6.04 Å². The number of nitrogens with zero attached hydrogens (tertiary/aromatic N) is 1. The molecule has 1 unspecified atom stereocenters. The van der Waals surface area contributed by atoms with Crippen molar-refractivity contribution in [2.45, 2.75) is 25.8 Å². The molecule has 1 aromatic carbocycles. The van der Waals surface area contributed by atoms with E-state index in [1.165, 1.54) is 12.0 Å². The van der Waals surface area contributed by atoms with Crippen LogP contribution in [-0.2, 0) is 14.3 Å². The smallest absolute Gasteiger partial charge is 0.329 e. The number of carbonyl (C=O) groups excluding carboxylic acids is 2. The number of ether oxygens (including phenoxy) is 3. The molecular weight excluding hydrogens is 274 g/mol. The number of hydrogen-bond donors (Lipinski definition) is 0. The number of carbonyl (C=O) groups is 2. The first-order chi connectivity index (χ1) is 10.1. The zero-order valence-electron chi connectivity index (χ0n) is 12.4. The van der Waals surface area contributed by atoms with Crippen molar-refractivity contribution in [3.63, 3.8) is 0 Å². The summed E-state index contributed by atoms with van der Waals surface area (Å²) in [7, 11) is 3.06. The molecule has 0 aromatic heterocycles. The number of hydrogen-bond acceptors (Lipinski definition) is 5. The summed E-state index contributed by atoms with van der Waals surface area (Å²) in [5.74, 6) is 0.603. The molecule has 2 rings (SSSR count). The number of rotatable bonds is 5. The highest BCUT2D eigenvalue weighted by atomic mass is 16.5. The average Bonchev–Trinajstić information content (AvgIpc) is 2.88. The average molecular weight is 293 g/mol. The molecule has 1 fully saturated rings. The third kappa shape index (κ3) is 2.94. The van der Waals surface area contributed by atoms with Crippen LogP contribution in [0.15, 0.2) is 18.2 Å². The van der Waals surface area contributed by atoms with Gasteiger partial charge in [0.05, 0.1) is 26.5 Å². The van der Waals surface area contributed by atoms with Crippen molar-refractivity contribution < 1.29 is 23.8 Å². The summed E-state index contributed by atoms with van der Waals surface area (Å²) in [5, 5.41) is 0. The quantitative estimate of drug-likeness (QED) is 0.774. The first-order valence-electron chi connectivity index (χ1n) is 6.83. The fourth-order valence-electron chi connectivity index (χ4n) is 2.43. The van der Waals surface area contributed by atoms with Crippen LogP contribution in [-0.4, -0.2) is 38.7 Å². The predicted molar refractivity (Wildman–Crippen MR) is 76.7 cm³/mol. The van der Waals surface area contributed by atoms with E-state index >= 15 is 0 Å². The molecule has 0 aliphatic carbocycles. The normalized spacial score (nSPS) is 17.8. The second kappa shape index (κ2) is 6.47. The number of esters is 1. The Hall–Kier alpha value is -2.24. The molecular formula is C15H19NO5. The lowest BCUT2D eigenvalue weighted by atomic mass is 10.2. The Balaban J connectivity index is 2.37. The van der Waals surface area contributed by atoms with Crippen LogP contribution in [0.3, 0.4) is 0 Å². The maximum Gasteiger partial charge on any atom is 0.329 e. The third-order valence-electron chi connectivity index (χ3n) is 3.42. The lowest BCUT2D eigenvalue weighted by Crippen LogP contribution is -2.40. The molecule has 6 nitrogen and oxygen atoms in total. The largest absolute Gasteiger partial charge is 0.497 e. The van der Waals surface area contributed by atoms with E-state index in [9.17, 15) is 9.59 Å². The second-order valence-corrected chi connectivity index (χ2v) is 4.61. The number of amides is 1. The van der Waals surface area contributed by atoms with Crippen molar-refractivity contribution >= 4 is 17.6 Å². The molecule has 1 atom stereocenters. The Morgan fingerprint density at radius 1 is 1.33 bits per heavy atom. The van der Waals surface area contributed by atoms with E-state index in [1.54, 1.807) is 32.2 Å². The Kier molecular flexibility index (Phi) is 4.67. The van der Waals surface area contributed by atoms with Gasteiger partial charge < -0.3 is 14.2 Å². The molecule has 1 aliphatic heterocycles. The van der Waals surface area contributed by atoms with Crippen LogP contribution in [0.4, 0.5) is 5.69 Å². The summed E-state index contributed by atoms with van der Waals surface area (Å²) < 4.78 is 15.5. The molecule has 21 heavy (non-hydrogen) atoms. The van der Waals surface area contributed by atoms with Gasteiger partial charge in [0, 0.05) is 12.5 Å². The van der Waals surface area contributed by atoms with Crippen LogP contribution in [0.2, 0.25) is 0 Å². The van der Waals surface area contributed by atoms with Crippen LogP contribution in [0.1, 0.15) is 19.8 Å². The minimum absolute atomic E-state index is 0.114. The van der Waals surface area contributed by atoms with Gasteiger partial charge in [0.1, 0.15) is 17.5 Å². The molecule has 114 valence electrons. The van der Waals surface area contributed by atoms with Gasteiger partial charge in [0.15, 0.2) is 0 Å². The van der Waals surface area contributed by atoms with Crippen LogP contribution < -0.4 is 14.4 Å². The van der Waals surface area contributed by atoms with Gasteiger partial charge in [-0.1, -0.05) is 0 Å². The number of benzene rings is 1. The highest BCUT2D eigenvalue weighted by molar-refractivity contribution is 6.03. The van der Waals surface area contributed by atoms with E-state index in [0.717, 1.165) is 0 Å². The van der Waals surface area contributed by atoms with Crippen LogP contribution in [0.5, 0.6) is 11.5 Å². The van der Waals surface area contributed by atoms with E-state index in [-0.39, 0.29) is 18.5 Å². The zero-order chi connectivity index (χ0) is 15.4. The standard InChI is InChI=1S/C15H19NO5/c1-4-21-15(18)12-7-8-14(17)16(12)11-6-5-10(19-2)9-13(11)20-3/h5-6,9,12H,4,7-8H2,1-3H3. The van der Waals surface area contributed by atoms with Gasteiger partial charge >= 0.3 is 5.97 Å². The first kappa shape index (κ1) is 15.2. The number of methoxy groups -OCH3 is 2. The molecule has 0 N–H and O–H groups in total. The van der Waals surface area contributed by atoms with Gasteiger partial charge in [-0.05, 0) is 25.5 Å². The number of anilines is 1. The van der Waals surface area contributed by atoms with E-state index in [1.807, 2.05) is 0 Å². The Morgan fingerprint density at radius 2 is 2.10 bits per heavy atom. The molecule has 0 saturated carbocycles. The topological polar surface area (TPSA) is 65.1 Å². The minimum atomic E-state index is -0.597. The van der Waals surface area contributed by atoms with Gasteiger partial charge in [-0.15, -0.1) is 0 Å².